The predicted octanol–water partition coefficient (Wildman–Crippen LogP) is 5.35. The summed E-state index contributed by atoms with van der Waals surface area (Å²) >= 11 is 5.91. The molecule has 126 valence electrons. The van der Waals surface area contributed by atoms with Gasteiger partial charge in [-0.2, -0.15) is 0 Å². The molecule has 25 heavy (non-hydrogen) atoms. The van der Waals surface area contributed by atoms with Gasteiger partial charge in [-0.1, -0.05) is 23.7 Å². The van der Waals surface area contributed by atoms with Crippen LogP contribution in [0.25, 0.3) is 0 Å². The lowest BCUT2D eigenvalue weighted by Crippen LogP contribution is -2.12. The summed E-state index contributed by atoms with van der Waals surface area (Å²) in [6.07, 6.45) is 1.62. The van der Waals surface area contributed by atoms with E-state index in [4.69, 9.17) is 11.6 Å². The average molecular weight is 352 g/mol. The highest BCUT2D eigenvalue weighted by molar-refractivity contribution is 6.31. The van der Waals surface area contributed by atoms with Crippen LogP contribution in [0, 0.1) is 13.8 Å². The maximum atomic E-state index is 12.2. The van der Waals surface area contributed by atoms with Crippen molar-refractivity contribution in [3.8, 4) is 0 Å². The molecule has 0 fully saturated rings. The summed E-state index contributed by atoms with van der Waals surface area (Å²) in [4.78, 5) is 16.5. The monoisotopic (exact) mass is 351 g/mol. The zero-order chi connectivity index (χ0) is 17.8. The van der Waals surface area contributed by atoms with Gasteiger partial charge in [0.05, 0.1) is 11.9 Å². The lowest BCUT2D eigenvalue weighted by molar-refractivity contribution is 0.102. The number of rotatable bonds is 4. The van der Waals surface area contributed by atoms with Crippen LogP contribution in [0.4, 0.5) is 17.2 Å². The Morgan fingerprint density at radius 1 is 0.960 bits per heavy atom. The first-order valence-corrected chi connectivity index (χ1v) is 8.26. The second-order valence-corrected chi connectivity index (χ2v) is 6.33. The minimum Gasteiger partial charge on any atom is -0.340 e. The molecule has 1 aromatic heterocycles. The summed E-state index contributed by atoms with van der Waals surface area (Å²) < 4.78 is 0. The third-order valence-corrected chi connectivity index (χ3v) is 3.84. The molecule has 0 aliphatic rings. The molecule has 0 aliphatic carbocycles. The topological polar surface area (TPSA) is 54.0 Å². The van der Waals surface area contributed by atoms with Crippen LogP contribution in [0.2, 0.25) is 5.02 Å². The molecular formula is C20H18ClN3O. The molecule has 1 heterocycles. The lowest BCUT2D eigenvalue weighted by Gasteiger charge is -2.09. The van der Waals surface area contributed by atoms with E-state index < -0.39 is 0 Å². The molecule has 0 atom stereocenters. The molecule has 0 bridgehead atoms. The summed E-state index contributed by atoms with van der Waals surface area (Å²) in [6, 6.07) is 16.7. The van der Waals surface area contributed by atoms with Crippen molar-refractivity contribution in [3.63, 3.8) is 0 Å². The molecule has 3 aromatic rings. The van der Waals surface area contributed by atoms with E-state index in [2.05, 4.69) is 47.7 Å². The third kappa shape index (κ3) is 4.58. The lowest BCUT2D eigenvalue weighted by atomic mass is 10.1. The maximum absolute atomic E-state index is 12.2. The van der Waals surface area contributed by atoms with Gasteiger partial charge in [0, 0.05) is 16.3 Å². The van der Waals surface area contributed by atoms with Gasteiger partial charge in [-0.15, -0.1) is 0 Å². The van der Waals surface area contributed by atoms with Crippen molar-refractivity contribution in [2.24, 2.45) is 0 Å². The zero-order valence-electron chi connectivity index (χ0n) is 14.0. The van der Waals surface area contributed by atoms with Crippen LogP contribution in [-0.2, 0) is 0 Å². The van der Waals surface area contributed by atoms with Crippen molar-refractivity contribution >= 4 is 34.7 Å². The van der Waals surface area contributed by atoms with Gasteiger partial charge in [0.25, 0.3) is 5.91 Å². The molecule has 2 N–H and O–H groups in total. The largest absolute Gasteiger partial charge is 0.340 e. The zero-order valence-corrected chi connectivity index (χ0v) is 14.8. The van der Waals surface area contributed by atoms with Crippen LogP contribution in [0.3, 0.4) is 0 Å². The Kier molecular flexibility index (Phi) is 5.00. The number of hydrogen-bond acceptors (Lipinski definition) is 3. The minimum absolute atomic E-state index is 0.223. The number of nitrogens with one attached hydrogen (secondary N) is 2. The highest BCUT2D eigenvalue weighted by atomic mass is 35.5. The van der Waals surface area contributed by atoms with Crippen LogP contribution in [0.5, 0.6) is 0 Å². The average Bonchev–Trinajstić information content (AvgIpc) is 2.56. The Bertz CT molecular complexity index is 887. The first-order valence-electron chi connectivity index (χ1n) is 7.88. The van der Waals surface area contributed by atoms with E-state index >= 15 is 0 Å². The summed E-state index contributed by atoms with van der Waals surface area (Å²) in [7, 11) is 0. The quantitative estimate of drug-likeness (QED) is 0.666. The molecular weight excluding hydrogens is 334 g/mol. The molecule has 5 heteroatoms. The number of benzene rings is 2. The van der Waals surface area contributed by atoms with Crippen LogP contribution in [0.1, 0.15) is 21.5 Å². The fourth-order valence-electron chi connectivity index (χ4n) is 2.57. The van der Waals surface area contributed by atoms with E-state index in [-0.39, 0.29) is 5.91 Å². The van der Waals surface area contributed by atoms with Crippen molar-refractivity contribution in [1.82, 2.24) is 4.98 Å². The molecule has 2 aromatic carbocycles. The molecule has 1 amide bonds. The fraction of sp³-hybridized carbons (Fsp3) is 0.100. The number of nitrogens with zero attached hydrogens (tertiary/aromatic N) is 1. The Morgan fingerprint density at radius 2 is 1.72 bits per heavy atom. The van der Waals surface area contributed by atoms with E-state index in [0.29, 0.717) is 22.1 Å². The van der Waals surface area contributed by atoms with E-state index in [9.17, 15) is 4.79 Å². The van der Waals surface area contributed by atoms with Crippen molar-refractivity contribution in [2.75, 3.05) is 10.6 Å². The van der Waals surface area contributed by atoms with E-state index in [1.54, 1.807) is 36.5 Å². The first kappa shape index (κ1) is 17.0. The molecule has 4 nitrogen and oxygen atoms in total. The van der Waals surface area contributed by atoms with Crippen molar-refractivity contribution in [2.45, 2.75) is 13.8 Å². The number of aromatic nitrogens is 1. The normalized spacial score (nSPS) is 10.4. The van der Waals surface area contributed by atoms with Gasteiger partial charge in [-0.25, -0.2) is 4.98 Å². The Morgan fingerprint density at radius 3 is 2.36 bits per heavy atom. The van der Waals surface area contributed by atoms with Crippen LogP contribution >= 0.6 is 11.6 Å². The summed E-state index contributed by atoms with van der Waals surface area (Å²) in [5.41, 5.74) is 4.49. The van der Waals surface area contributed by atoms with Gasteiger partial charge in [-0.05, 0) is 67.4 Å². The molecule has 0 saturated carbocycles. The fourth-order valence-corrected chi connectivity index (χ4v) is 2.76. The van der Waals surface area contributed by atoms with Crippen molar-refractivity contribution in [1.29, 1.82) is 0 Å². The Hall–Kier alpha value is -2.85. The predicted molar refractivity (Wildman–Crippen MR) is 103 cm³/mol. The summed E-state index contributed by atoms with van der Waals surface area (Å²) in [6.45, 7) is 4.11. The van der Waals surface area contributed by atoms with E-state index in [0.717, 1.165) is 5.69 Å². The summed E-state index contributed by atoms with van der Waals surface area (Å²) in [5.74, 6) is 0.491. The number of pyridine rings is 1. The Balaban J connectivity index is 1.68. The molecule has 0 radical (unpaired) electrons. The van der Waals surface area contributed by atoms with Gasteiger partial charge < -0.3 is 10.6 Å². The van der Waals surface area contributed by atoms with Gasteiger partial charge in [0.1, 0.15) is 5.82 Å². The van der Waals surface area contributed by atoms with Crippen LogP contribution < -0.4 is 10.6 Å². The minimum atomic E-state index is -0.223. The van der Waals surface area contributed by atoms with Crippen LogP contribution in [-0.4, -0.2) is 10.9 Å². The number of amides is 1. The van der Waals surface area contributed by atoms with E-state index in [1.807, 2.05) is 6.07 Å². The third-order valence-electron chi connectivity index (χ3n) is 3.60. The number of anilines is 3. The summed E-state index contributed by atoms with van der Waals surface area (Å²) in [5, 5.41) is 6.60. The van der Waals surface area contributed by atoms with Crippen LogP contribution in [0.15, 0.2) is 60.8 Å². The molecule has 0 saturated heterocycles. The second kappa shape index (κ2) is 7.36. The molecule has 3 rings (SSSR count). The van der Waals surface area contributed by atoms with Gasteiger partial charge in [0.2, 0.25) is 0 Å². The van der Waals surface area contributed by atoms with Gasteiger partial charge in [-0.3, -0.25) is 4.79 Å². The standard InChI is InChI=1S/C20H18ClN3O/c1-13-8-14(2)10-18(9-13)23-19-7-6-17(12-22-19)24-20(25)15-4-3-5-16(21)11-15/h3-12H,1-2H3,(H,22,23)(H,24,25). The molecule has 0 unspecified atom stereocenters. The van der Waals surface area contributed by atoms with E-state index in [1.165, 1.54) is 11.1 Å². The second-order valence-electron chi connectivity index (χ2n) is 5.90. The number of hydrogen-bond donors (Lipinski definition) is 2. The molecule has 0 spiro atoms. The smallest absolute Gasteiger partial charge is 0.255 e. The highest BCUT2D eigenvalue weighted by Crippen LogP contribution is 2.19. The molecule has 0 aliphatic heterocycles. The highest BCUT2D eigenvalue weighted by Gasteiger charge is 2.07. The van der Waals surface area contributed by atoms with Crippen molar-refractivity contribution < 1.29 is 4.79 Å². The van der Waals surface area contributed by atoms with Gasteiger partial charge in [0.15, 0.2) is 0 Å². The first-order chi connectivity index (χ1) is 12.0. The van der Waals surface area contributed by atoms with Gasteiger partial charge >= 0.3 is 0 Å². The number of aryl methyl sites for hydroxylation is 2. The Labute approximate surface area is 151 Å². The SMILES string of the molecule is Cc1cc(C)cc(Nc2ccc(NC(=O)c3cccc(Cl)c3)cn2)c1. The number of carbonyl (C=O) groups is 1. The maximum Gasteiger partial charge on any atom is 0.255 e. The van der Waals surface area contributed by atoms with Crippen molar-refractivity contribution in [3.05, 3.63) is 82.5 Å². The number of halogens is 1. The number of carbonyl (C=O) groups excluding carboxylic acids is 1.